The van der Waals surface area contributed by atoms with Gasteiger partial charge >= 0.3 is 17.9 Å². The average molecular weight is 642 g/mol. The largest absolute Gasteiger partial charge is 0.481 e. The van der Waals surface area contributed by atoms with E-state index in [1.54, 1.807) is 13.8 Å². The molecular formula is C33H63N5O7. The number of nitrogen functional groups attached to an aromatic ring is 1. The predicted molar refractivity (Wildman–Crippen MR) is 183 cm³/mol. The smallest absolute Gasteiger partial charge is 0.317 e. The molecule has 0 saturated heterocycles. The Bertz CT molecular complexity index is 926. The number of benzene rings is 1. The summed E-state index contributed by atoms with van der Waals surface area (Å²) in [5.74, 6) is -2.39. The van der Waals surface area contributed by atoms with Gasteiger partial charge in [0.05, 0.1) is 13.1 Å². The van der Waals surface area contributed by atoms with Gasteiger partial charge in [-0.2, -0.15) is 0 Å². The molecular weight excluding hydrogens is 578 g/mol. The summed E-state index contributed by atoms with van der Waals surface area (Å²) in [6.45, 7) is 21.0. The van der Waals surface area contributed by atoms with Crippen molar-refractivity contribution >= 4 is 29.7 Å². The van der Waals surface area contributed by atoms with Crippen LogP contribution in [0.4, 0.5) is 0 Å². The molecule has 1 rings (SSSR count). The van der Waals surface area contributed by atoms with Crippen molar-refractivity contribution in [2.45, 2.75) is 107 Å². The van der Waals surface area contributed by atoms with Crippen LogP contribution in [0.2, 0.25) is 0 Å². The molecule has 0 saturated carbocycles. The van der Waals surface area contributed by atoms with Crippen LogP contribution in [0.25, 0.3) is 0 Å². The Labute approximate surface area is 271 Å². The molecule has 0 fully saturated rings. The van der Waals surface area contributed by atoms with Crippen LogP contribution < -0.4 is 11.1 Å². The van der Waals surface area contributed by atoms with Crippen LogP contribution in [0.1, 0.15) is 111 Å². The summed E-state index contributed by atoms with van der Waals surface area (Å²) in [6.07, 6.45) is 4.89. The number of amidine groups is 1. The van der Waals surface area contributed by atoms with Gasteiger partial charge in [0.1, 0.15) is 5.84 Å². The summed E-state index contributed by atoms with van der Waals surface area (Å²) < 4.78 is 0. The number of nitrogens with zero attached hydrogens (tertiary/aromatic N) is 2. The number of nitrogens with one attached hydrogen (secondary N) is 2. The van der Waals surface area contributed by atoms with Crippen molar-refractivity contribution in [3.63, 3.8) is 0 Å². The van der Waals surface area contributed by atoms with Crippen molar-refractivity contribution in [2.24, 2.45) is 5.73 Å². The highest BCUT2D eigenvalue weighted by molar-refractivity contribution is 5.95. The highest BCUT2D eigenvalue weighted by Crippen LogP contribution is 2.09. The quantitative estimate of drug-likeness (QED) is 0.0971. The number of carboxylic acids is 3. The number of unbranched alkanes of at least 4 members (excludes halogenated alkanes) is 1. The SMILES string of the molecule is CC.CCC(=O)O.CCC(=O)O.CCCC.CCCN(CCN(CCC)CC(=O)NCc1cc(C)cc(C(=N)N)c1)CC(=O)O. The molecule has 7 N–H and O–H groups in total. The highest BCUT2D eigenvalue weighted by atomic mass is 16.4. The lowest BCUT2D eigenvalue weighted by molar-refractivity contribution is -0.139. The lowest BCUT2D eigenvalue weighted by atomic mass is 10.1. The van der Waals surface area contributed by atoms with Crippen LogP contribution in [-0.4, -0.2) is 94.0 Å². The van der Waals surface area contributed by atoms with Gasteiger partial charge in [0.25, 0.3) is 0 Å². The Kier molecular flexibility index (Phi) is 35.9. The Balaban J connectivity index is -0.000000432. The number of carbonyl (C=O) groups is 4. The molecule has 262 valence electrons. The fraction of sp³-hybridized carbons (Fsp3) is 0.667. The molecule has 45 heavy (non-hydrogen) atoms. The van der Waals surface area contributed by atoms with E-state index in [-0.39, 0.29) is 37.7 Å². The van der Waals surface area contributed by atoms with E-state index in [1.165, 1.54) is 12.8 Å². The molecule has 0 aliphatic carbocycles. The predicted octanol–water partition coefficient (Wildman–Crippen LogP) is 5.20. The van der Waals surface area contributed by atoms with E-state index in [4.69, 9.17) is 26.5 Å². The molecule has 0 aliphatic heterocycles. The average Bonchev–Trinajstić information content (AvgIpc) is 3.00. The van der Waals surface area contributed by atoms with Gasteiger partial charge in [-0.25, -0.2) is 0 Å². The molecule has 12 heteroatoms. The van der Waals surface area contributed by atoms with E-state index >= 15 is 0 Å². The minimum Gasteiger partial charge on any atom is -0.481 e. The molecule has 1 amide bonds. The first kappa shape index (κ1) is 48.4. The summed E-state index contributed by atoms with van der Waals surface area (Å²) in [5.41, 5.74) is 8.11. The lowest BCUT2D eigenvalue weighted by Crippen LogP contribution is -2.42. The molecule has 0 atom stereocenters. The van der Waals surface area contributed by atoms with Crippen molar-refractivity contribution in [1.82, 2.24) is 15.1 Å². The van der Waals surface area contributed by atoms with Gasteiger partial charge in [-0.15, -0.1) is 0 Å². The van der Waals surface area contributed by atoms with E-state index < -0.39 is 17.9 Å². The molecule has 0 spiro atoms. The first-order valence-corrected chi connectivity index (χ1v) is 16.0. The van der Waals surface area contributed by atoms with Crippen LogP contribution in [0, 0.1) is 12.3 Å². The maximum absolute atomic E-state index is 12.4. The fourth-order valence-electron chi connectivity index (χ4n) is 3.23. The Morgan fingerprint density at radius 2 is 1.13 bits per heavy atom. The monoisotopic (exact) mass is 641 g/mol. The van der Waals surface area contributed by atoms with Crippen molar-refractivity contribution in [2.75, 3.05) is 39.3 Å². The molecule has 0 unspecified atom stereocenters. The normalized spacial score (nSPS) is 9.58. The van der Waals surface area contributed by atoms with Gasteiger partial charge in [0.2, 0.25) is 5.91 Å². The third kappa shape index (κ3) is 34.8. The molecule has 0 aromatic heterocycles. The number of nitrogens with two attached hydrogens (primary N) is 1. The van der Waals surface area contributed by atoms with Gasteiger partial charge in [-0.1, -0.05) is 79.9 Å². The number of hydrogen-bond donors (Lipinski definition) is 6. The van der Waals surface area contributed by atoms with Crippen molar-refractivity contribution in [3.8, 4) is 0 Å². The molecule has 0 bridgehead atoms. The number of hydrogen-bond acceptors (Lipinski definition) is 7. The summed E-state index contributed by atoms with van der Waals surface area (Å²) in [6, 6.07) is 5.62. The summed E-state index contributed by atoms with van der Waals surface area (Å²) in [7, 11) is 0. The second-order valence-electron chi connectivity index (χ2n) is 9.84. The number of aryl methyl sites for hydroxylation is 1. The number of carbonyl (C=O) groups excluding carboxylic acids is 1. The van der Waals surface area contributed by atoms with Crippen LogP contribution in [0.15, 0.2) is 18.2 Å². The molecule has 1 aromatic carbocycles. The van der Waals surface area contributed by atoms with E-state index in [0.717, 1.165) is 37.1 Å². The van der Waals surface area contributed by atoms with Crippen molar-refractivity contribution < 1.29 is 34.5 Å². The summed E-state index contributed by atoms with van der Waals surface area (Å²) in [5, 5.41) is 35.0. The van der Waals surface area contributed by atoms with E-state index in [1.807, 2.05) is 50.8 Å². The Hall–Kier alpha value is -3.51. The van der Waals surface area contributed by atoms with Crippen LogP contribution >= 0.6 is 0 Å². The maximum Gasteiger partial charge on any atom is 0.317 e. The van der Waals surface area contributed by atoms with Gasteiger partial charge < -0.3 is 26.4 Å². The summed E-state index contributed by atoms with van der Waals surface area (Å²) in [4.78, 5) is 46.1. The Morgan fingerprint density at radius 3 is 1.47 bits per heavy atom. The minimum atomic E-state index is -0.832. The first-order valence-electron chi connectivity index (χ1n) is 16.0. The van der Waals surface area contributed by atoms with E-state index in [0.29, 0.717) is 25.2 Å². The van der Waals surface area contributed by atoms with Gasteiger partial charge in [-0.05, 0) is 50.6 Å². The Morgan fingerprint density at radius 1 is 0.711 bits per heavy atom. The van der Waals surface area contributed by atoms with Crippen LogP contribution in [0.5, 0.6) is 0 Å². The number of rotatable bonds is 17. The topological polar surface area (TPSA) is 197 Å². The van der Waals surface area contributed by atoms with Crippen molar-refractivity contribution in [1.29, 1.82) is 5.41 Å². The lowest BCUT2D eigenvalue weighted by Gasteiger charge is -2.26. The third-order valence-corrected chi connectivity index (χ3v) is 5.58. The molecule has 12 nitrogen and oxygen atoms in total. The minimum absolute atomic E-state index is 0.00777. The number of aliphatic carboxylic acids is 3. The van der Waals surface area contributed by atoms with Gasteiger partial charge in [0, 0.05) is 38.0 Å². The van der Waals surface area contributed by atoms with Crippen LogP contribution in [0.3, 0.4) is 0 Å². The second-order valence-corrected chi connectivity index (χ2v) is 9.84. The first-order chi connectivity index (χ1) is 21.2. The van der Waals surface area contributed by atoms with E-state index in [9.17, 15) is 19.2 Å². The zero-order chi connectivity index (χ0) is 35.8. The van der Waals surface area contributed by atoms with Gasteiger partial charge in [0.15, 0.2) is 0 Å². The highest BCUT2D eigenvalue weighted by Gasteiger charge is 2.14. The van der Waals surface area contributed by atoms with Crippen LogP contribution in [-0.2, 0) is 25.7 Å². The molecule has 0 radical (unpaired) electrons. The zero-order valence-corrected chi connectivity index (χ0v) is 29.4. The maximum atomic E-state index is 12.4. The van der Waals surface area contributed by atoms with E-state index in [2.05, 4.69) is 31.0 Å². The zero-order valence-electron chi connectivity index (χ0n) is 29.4. The number of carboxylic acid groups (broad SMARTS) is 3. The molecule has 0 heterocycles. The second kappa shape index (κ2) is 33.4. The molecule has 0 aliphatic rings. The van der Waals surface area contributed by atoms with Crippen molar-refractivity contribution in [3.05, 3.63) is 34.9 Å². The molecule has 1 aromatic rings. The third-order valence-electron chi connectivity index (χ3n) is 5.58. The fourth-order valence-corrected chi connectivity index (χ4v) is 3.23. The number of amides is 1. The van der Waals surface area contributed by atoms with Gasteiger partial charge in [-0.3, -0.25) is 34.4 Å². The summed E-state index contributed by atoms with van der Waals surface area (Å²) >= 11 is 0. The standard InChI is InChI=1S/C21H35N5O3.C4H10.2C3H6O2.C2H6/c1-4-6-25(8-9-26(7-5-2)15-20(28)29)14-19(27)24-13-17-10-16(3)11-18(12-17)21(22)23;1-3-4-2;2*1-2-3(4)5;1-2/h10-12H,4-9,13-15H2,1-3H3,(H3,22,23)(H,24,27)(H,28,29);3-4H2,1-2H3;2*2H2,1H3,(H,4,5);1-2H3.